The number of carbonyl (C=O) groups is 2. The number of amides is 2. The third-order valence-corrected chi connectivity index (χ3v) is 5.49. The molecule has 1 aromatic heterocycles. The van der Waals surface area contributed by atoms with Gasteiger partial charge < -0.3 is 20.8 Å². The molecule has 0 bridgehead atoms. The molecule has 0 radical (unpaired) electrons. The van der Waals surface area contributed by atoms with Crippen molar-refractivity contribution in [1.82, 2.24) is 10.3 Å². The summed E-state index contributed by atoms with van der Waals surface area (Å²) in [5, 5.41) is 24.4. The minimum absolute atomic E-state index is 0.0582. The van der Waals surface area contributed by atoms with E-state index in [1.165, 1.54) is 18.3 Å². The zero-order valence-corrected chi connectivity index (χ0v) is 17.6. The second-order valence-electron chi connectivity index (χ2n) is 8.57. The first kappa shape index (κ1) is 23.5. The molecule has 0 atom stereocenters. The van der Waals surface area contributed by atoms with Gasteiger partial charge in [-0.1, -0.05) is 13.8 Å². The summed E-state index contributed by atoms with van der Waals surface area (Å²) in [5.41, 5.74) is -2.20. The van der Waals surface area contributed by atoms with Crippen LogP contribution >= 0.6 is 0 Å². The SMILES string of the molecule is CC(C)(CO)c1cc(F)c(CC(=O)Nc2ccnc(C(=O)NC3(C(F)F)CC3)c2)cc1O. The summed E-state index contributed by atoms with van der Waals surface area (Å²) in [6.07, 6.45) is -1.49. The molecule has 0 unspecified atom stereocenters. The monoisotopic (exact) mass is 451 g/mol. The number of rotatable bonds is 8. The molecule has 1 fully saturated rings. The minimum atomic E-state index is -2.69. The van der Waals surface area contributed by atoms with Crippen LogP contribution in [-0.2, 0) is 16.6 Å². The van der Waals surface area contributed by atoms with Crippen LogP contribution in [-0.4, -0.2) is 45.6 Å². The highest BCUT2D eigenvalue weighted by Gasteiger charge is 2.52. The molecule has 1 aliphatic rings. The number of halogens is 3. The third-order valence-electron chi connectivity index (χ3n) is 5.49. The van der Waals surface area contributed by atoms with Gasteiger partial charge in [-0.25, -0.2) is 13.2 Å². The molecule has 1 saturated carbocycles. The Labute approximate surface area is 182 Å². The average Bonchev–Trinajstić information content (AvgIpc) is 3.51. The van der Waals surface area contributed by atoms with E-state index in [2.05, 4.69) is 15.6 Å². The Kier molecular flexibility index (Phi) is 6.45. The summed E-state index contributed by atoms with van der Waals surface area (Å²) >= 11 is 0. The number of pyridine rings is 1. The van der Waals surface area contributed by atoms with Gasteiger partial charge in [0, 0.05) is 28.4 Å². The Morgan fingerprint density at radius 3 is 2.53 bits per heavy atom. The van der Waals surface area contributed by atoms with Gasteiger partial charge >= 0.3 is 0 Å². The number of phenolic OH excluding ortho intramolecular Hbond substituents is 1. The summed E-state index contributed by atoms with van der Waals surface area (Å²) < 4.78 is 40.6. The van der Waals surface area contributed by atoms with Gasteiger partial charge in [-0.15, -0.1) is 0 Å². The van der Waals surface area contributed by atoms with Crippen LogP contribution in [0, 0.1) is 5.82 Å². The molecule has 0 aliphatic heterocycles. The second kappa shape index (κ2) is 8.78. The van der Waals surface area contributed by atoms with Crippen molar-refractivity contribution in [2.45, 2.75) is 50.5 Å². The lowest BCUT2D eigenvalue weighted by atomic mass is 9.84. The molecule has 1 heterocycles. The number of carbonyl (C=O) groups excluding carboxylic acids is 2. The van der Waals surface area contributed by atoms with Crippen molar-refractivity contribution in [2.24, 2.45) is 0 Å². The van der Waals surface area contributed by atoms with Crippen LogP contribution in [0.3, 0.4) is 0 Å². The Balaban J connectivity index is 1.69. The molecule has 4 N–H and O–H groups in total. The maximum Gasteiger partial charge on any atom is 0.270 e. The van der Waals surface area contributed by atoms with Crippen molar-refractivity contribution >= 4 is 17.5 Å². The van der Waals surface area contributed by atoms with Crippen molar-refractivity contribution in [3.63, 3.8) is 0 Å². The summed E-state index contributed by atoms with van der Waals surface area (Å²) in [7, 11) is 0. The fraction of sp³-hybridized carbons (Fsp3) is 0.409. The average molecular weight is 451 g/mol. The smallest absolute Gasteiger partial charge is 0.270 e. The number of aromatic hydroxyl groups is 1. The second-order valence-corrected chi connectivity index (χ2v) is 8.57. The number of nitrogens with zero attached hydrogens (tertiary/aromatic N) is 1. The molecule has 1 aromatic carbocycles. The van der Waals surface area contributed by atoms with Gasteiger partial charge in [-0.2, -0.15) is 0 Å². The first-order chi connectivity index (χ1) is 15.0. The maximum atomic E-state index is 14.5. The van der Waals surface area contributed by atoms with Crippen molar-refractivity contribution in [3.05, 3.63) is 53.1 Å². The minimum Gasteiger partial charge on any atom is -0.508 e. The van der Waals surface area contributed by atoms with E-state index in [9.17, 15) is 33.0 Å². The summed E-state index contributed by atoms with van der Waals surface area (Å²) in [4.78, 5) is 28.5. The molecular weight excluding hydrogens is 427 g/mol. The molecule has 7 nitrogen and oxygen atoms in total. The number of nitrogens with one attached hydrogen (secondary N) is 2. The first-order valence-corrected chi connectivity index (χ1v) is 9.97. The number of benzene rings is 1. The molecule has 2 amide bonds. The summed E-state index contributed by atoms with van der Waals surface area (Å²) in [6.45, 7) is 2.96. The number of anilines is 1. The van der Waals surface area contributed by atoms with Gasteiger partial charge in [0.2, 0.25) is 5.91 Å². The third kappa shape index (κ3) is 5.01. The van der Waals surface area contributed by atoms with E-state index in [0.29, 0.717) is 0 Å². The lowest BCUT2D eigenvalue weighted by Crippen LogP contribution is -2.42. The van der Waals surface area contributed by atoms with Crippen molar-refractivity contribution in [2.75, 3.05) is 11.9 Å². The highest BCUT2D eigenvalue weighted by atomic mass is 19.3. The number of phenols is 1. The van der Waals surface area contributed by atoms with Crippen LogP contribution < -0.4 is 10.6 Å². The standard InChI is InChI=1S/C22H24F3N3O4/c1-21(2,11-29)14-10-15(23)12(7-17(14)30)8-18(31)27-13-3-6-26-16(9-13)19(32)28-22(4-5-22)20(24)25/h3,6-7,9-10,20,29-30H,4-5,8,11H2,1-2H3,(H,28,32)(H,26,27,31). The van der Waals surface area contributed by atoms with Gasteiger partial charge in [-0.05, 0) is 37.1 Å². The number of hydrogen-bond acceptors (Lipinski definition) is 5. The van der Waals surface area contributed by atoms with Crippen LogP contribution in [0.1, 0.15) is 48.3 Å². The number of aromatic nitrogens is 1. The topological polar surface area (TPSA) is 112 Å². The van der Waals surface area contributed by atoms with Gasteiger partial charge in [0.25, 0.3) is 12.3 Å². The van der Waals surface area contributed by atoms with E-state index < -0.39 is 41.4 Å². The summed E-state index contributed by atoms with van der Waals surface area (Å²) in [5.74, 6) is -2.37. The quantitative estimate of drug-likeness (QED) is 0.493. The van der Waals surface area contributed by atoms with Crippen LogP contribution in [0.25, 0.3) is 0 Å². The van der Waals surface area contributed by atoms with Gasteiger partial charge in [-0.3, -0.25) is 14.6 Å². The van der Waals surface area contributed by atoms with E-state index in [-0.39, 0.29) is 47.7 Å². The zero-order valence-electron chi connectivity index (χ0n) is 17.6. The number of aliphatic hydroxyl groups is 1. The molecule has 32 heavy (non-hydrogen) atoms. The molecule has 10 heteroatoms. The van der Waals surface area contributed by atoms with Crippen molar-refractivity contribution in [3.8, 4) is 5.75 Å². The molecule has 0 saturated heterocycles. The van der Waals surface area contributed by atoms with E-state index in [1.54, 1.807) is 13.8 Å². The van der Waals surface area contributed by atoms with Crippen LogP contribution in [0.4, 0.5) is 18.9 Å². The van der Waals surface area contributed by atoms with Crippen molar-refractivity contribution < 1.29 is 33.0 Å². The van der Waals surface area contributed by atoms with Crippen LogP contribution in [0.15, 0.2) is 30.5 Å². The van der Waals surface area contributed by atoms with Gasteiger partial charge in [0.05, 0.1) is 13.0 Å². The Morgan fingerprint density at radius 1 is 1.25 bits per heavy atom. The van der Waals surface area contributed by atoms with E-state index in [1.807, 2.05) is 0 Å². The molecule has 1 aliphatic carbocycles. The number of alkyl halides is 2. The normalized spacial score (nSPS) is 14.8. The van der Waals surface area contributed by atoms with Crippen LogP contribution in [0.2, 0.25) is 0 Å². The first-order valence-electron chi connectivity index (χ1n) is 9.97. The van der Waals surface area contributed by atoms with Crippen molar-refractivity contribution in [1.29, 1.82) is 0 Å². The fourth-order valence-corrected chi connectivity index (χ4v) is 3.20. The molecule has 0 spiro atoms. The summed E-state index contributed by atoms with van der Waals surface area (Å²) in [6, 6.07) is 4.84. The number of aliphatic hydroxyl groups excluding tert-OH is 1. The maximum absolute atomic E-state index is 14.5. The van der Waals surface area contributed by atoms with Crippen LogP contribution in [0.5, 0.6) is 5.75 Å². The van der Waals surface area contributed by atoms with E-state index >= 15 is 0 Å². The Hall–Kier alpha value is -3.14. The largest absolute Gasteiger partial charge is 0.508 e. The molecule has 3 rings (SSSR count). The molecule has 2 aromatic rings. The predicted molar refractivity (Wildman–Crippen MR) is 110 cm³/mol. The highest BCUT2D eigenvalue weighted by molar-refractivity contribution is 5.96. The predicted octanol–water partition coefficient (Wildman–Crippen LogP) is 2.90. The molecule has 172 valence electrons. The van der Waals surface area contributed by atoms with E-state index in [0.717, 1.165) is 12.1 Å². The number of hydrogen-bond donors (Lipinski definition) is 4. The lowest BCUT2D eigenvalue weighted by Gasteiger charge is -2.24. The Morgan fingerprint density at radius 2 is 1.94 bits per heavy atom. The van der Waals surface area contributed by atoms with E-state index in [4.69, 9.17) is 0 Å². The van der Waals surface area contributed by atoms with Gasteiger partial charge in [0.1, 0.15) is 22.8 Å². The molecular formula is C22H24F3N3O4. The lowest BCUT2D eigenvalue weighted by molar-refractivity contribution is -0.115. The zero-order chi connectivity index (χ0) is 23.7. The fourth-order valence-electron chi connectivity index (χ4n) is 3.20. The highest BCUT2D eigenvalue weighted by Crippen LogP contribution is 2.41. The Bertz CT molecular complexity index is 1040. The van der Waals surface area contributed by atoms with Gasteiger partial charge in [0.15, 0.2) is 0 Å².